The zero-order valence-corrected chi connectivity index (χ0v) is 14.2. The van der Waals surface area contributed by atoms with E-state index in [0.29, 0.717) is 22.8 Å². The standard InChI is InChI=1S/C19H20O6/c1-21-11-24-14-5-3-13(4-6-14)17-10-23-18-9-15(25-12-22-2)7-8-16(18)19(17)20/h3-9,17H,10-12H2,1-2H3/t17-/m0/s1. The van der Waals surface area contributed by atoms with Crippen LogP contribution in [-0.4, -0.2) is 40.2 Å². The average Bonchev–Trinajstić information content (AvgIpc) is 2.65. The summed E-state index contributed by atoms with van der Waals surface area (Å²) in [6, 6.07) is 12.6. The Hall–Kier alpha value is -2.57. The van der Waals surface area contributed by atoms with Crippen molar-refractivity contribution < 1.29 is 28.5 Å². The molecule has 6 nitrogen and oxygen atoms in total. The summed E-state index contributed by atoms with van der Waals surface area (Å²) < 4.78 is 26.3. The Morgan fingerprint density at radius 1 is 0.960 bits per heavy atom. The molecule has 1 heterocycles. The van der Waals surface area contributed by atoms with Gasteiger partial charge in [-0.1, -0.05) is 12.1 Å². The molecule has 0 saturated carbocycles. The summed E-state index contributed by atoms with van der Waals surface area (Å²) in [6.45, 7) is 0.621. The topological polar surface area (TPSA) is 63.2 Å². The van der Waals surface area contributed by atoms with Gasteiger partial charge in [-0.25, -0.2) is 0 Å². The lowest BCUT2D eigenvalue weighted by molar-refractivity contribution is 0.0507. The number of ether oxygens (including phenoxy) is 5. The highest BCUT2D eigenvalue weighted by atomic mass is 16.7. The Balaban J connectivity index is 1.75. The quantitative estimate of drug-likeness (QED) is 0.720. The molecule has 1 atom stereocenters. The number of carbonyl (C=O) groups is 1. The first-order valence-electron chi connectivity index (χ1n) is 7.87. The second-order valence-corrected chi connectivity index (χ2v) is 5.56. The van der Waals surface area contributed by atoms with Crippen molar-refractivity contribution in [3.8, 4) is 17.2 Å². The van der Waals surface area contributed by atoms with Gasteiger partial charge in [0.15, 0.2) is 19.4 Å². The third-order valence-electron chi connectivity index (χ3n) is 3.91. The van der Waals surface area contributed by atoms with E-state index in [2.05, 4.69) is 0 Å². The van der Waals surface area contributed by atoms with E-state index in [1.54, 1.807) is 32.4 Å². The van der Waals surface area contributed by atoms with Crippen molar-refractivity contribution in [2.24, 2.45) is 0 Å². The van der Waals surface area contributed by atoms with Crippen LogP contribution in [0.4, 0.5) is 0 Å². The Labute approximate surface area is 146 Å². The van der Waals surface area contributed by atoms with Crippen LogP contribution in [0.3, 0.4) is 0 Å². The van der Waals surface area contributed by atoms with E-state index in [1.807, 2.05) is 24.3 Å². The first-order valence-corrected chi connectivity index (χ1v) is 7.87. The number of hydrogen-bond donors (Lipinski definition) is 0. The van der Waals surface area contributed by atoms with E-state index in [9.17, 15) is 4.79 Å². The van der Waals surface area contributed by atoms with Crippen LogP contribution in [0.5, 0.6) is 17.2 Å². The van der Waals surface area contributed by atoms with Crippen molar-refractivity contribution in [3.05, 3.63) is 53.6 Å². The van der Waals surface area contributed by atoms with Gasteiger partial charge in [0.2, 0.25) is 0 Å². The van der Waals surface area contributed by atoms with E-state index >= 15 is 0 Å². The van der Waals surface area contributed by atoms with Crippen LogP contribution in [-0.2, 0) is 9.47 Å². The van der Waals surface area contributed by atoms with Crippen molar-refractivity contribution in [3.63, 3.8) is 0 Å². The molecule has 1 aliphatic heterocycles. The predicted octanol–water partition coefficient (Wildman–Crippen LogP) is 3.01. The van der Waals surface area contributed by atoms with Crippen molar-refractivity contribution in [1.29, 1.82) is 0 Å². The smallest absolute Gasteiger partial charge is 0.188 e. The van der Waals surface area contributed by atoms with Crippen molar-refractivity contribution >= 4 is 5.78 Å². The van der Waals surface area contributed by atoms with Crippen LogP contribution in [0.1, 0.15) is 21.8 Å². The predicted molar refractivity (Wildman–Crippen MR) is 90.5 cm³/mol. The highest BCUT2D eigenvalue weighted by molar-refractivity contribution is 6.04. The number of rotatable bonds is 7. The number of ketones is 1. The molecule has 0 unspecified atom stereocenters. The van der Waals surface area contributed by atoms with E-state index in [-0.39, 0.29) is 31.9 Å². The minimum atomic E-state index is -0.338. The zero-order valence-electron chi connectivity index (χ0n) is 14.2. The van der Waals surface area contributed by atoms with E-state index in [0.717, 1.165) is 5.56 Å². The Bertz CT molecular complexity index is 725. The lowest BCUT2D eigenvalue weighted by Gasteiger charge is -2.25. The van der Waals surface area contributed by atoms with Gasteiger partial charge in [-0.3, -0.25) is 4.79 Å². The monoisotopic (exact) mass is 344 g/mol. The maximum absolute atomic E-state index is 12.8. The summed E-state index contributed by atoms with van der Waals surface area (Å²) in [6.07, 6.45) is 0. The molecule has 3 rings (SSSR count). The third-order valence-corrected chi connectivity index (χ3v) is 3.91. The van der Waals surface area contributed by atoms with Gasteiger partial charge in [-0.2, -0.15) is 0 Å². The molecular weight excluding hydrogens is 324 g/mol. The third kappa shape index (κ3) is 3.92. The summed E-state index contributed by atoms with van der Waals surface area (Å²) in [5.41, 5.74) is 1.45. The van der Waals surface area contributed by atoms with Crippen molar-refractivity contribution in [2.45, 2.75) is 5.92 Å². The fourth-order valence-corrected chi connectivity index (χ4v) is 2.65. The number of hydrogen-bond acceptors (Lipinski definition) is 6. The van der Waals surface area contributed by atoms with Gasteiger partial charge >= 0.3 is 0 Å². The van der Waals surface area contributed by atoms with Gasteiger partial charge in [-0.05, 0) is 29.8 Å². The van der Waals surface area contributed by atoms with Crippen LogP contribution in [0.15, 0.2) is 42.5 Å². The molecule has 0 radical (unpaired) electrons. The molecule has 0 aliphatic carbocycles. The highest BCUT2D eigenvalue weighted by Crippen LogP contribution is 2.35. The molecule has 2 aromatic carbocycles. The average molecular weight is 344 g/mol. The Morgan fingerprint density at radius 2 is 1.60 bits per heavy atom. The van der Waals surface area contributed by atoms with Crippen LogP contribution in [0, 0.1) is 0 Å². The zero-order chi connectivity index (χ0) is 17.6. The van der Waals surface area contributed by atoms with Gasteiger partial charge in [0.25, 0.3) is 0 Å². The Morgan fingerprint density at radius 3 is 2.28 bits per heavy atom. The van der Waals surface area contributed by atoms with Gasteiger partial charge in [0.1, 0.15) is 23.9 Å². The molecular formula is C19H20O6. The maximum atomic E-state index is 12.8. The Kier molecular flexibility index (Phi) is 5.53. The number of carbonyl (C=O) groups excluding carboxylic acids is 1. The van der Waals surface area contributed by atoms with E-state index in [4.69, 9.17) is 23.7 Å². The summed E-state index contributed by atoms with van der Waals surface area (Å²) in [5, 5.41) is 0. The van der Waals surface area contributed by atoms with Gasteiger partial charge < -0.3 is 23.7 Å². The van der Waals surface area contributed by atoms with Crippen LogP contribution in [0.2, 0.25) is 0 Å². The molecule has 1 aliphatic rings. The lowest BCUT2D eigenvalue weighted by Crippen LogP contribution is -2.26. The van der Waals surface area contributed by atoms with E-state index in [1.165, 1.54) is 0 Å². The second-order valence-electron chi connectivity index (χ2n) is 5.56. The van der Waals surface area contributed by atoms with E-state index < -0.39 is 0 Å². The molecule has 0 aromatic heterocycles. The minimum absolute atomic E-state index is 0.0325. The molecule has 132 valence electrons. The molecule has 0 saturated heterocycles. The number of fused-ring (bicyclic) bond motifs is 1. The number of Topliss-reactive ketones (excluding diaryl/α,β-unsaturated/α-hetero) is 1. The molecule has 0 bridgehead atoms. The van der Waals surface area contributed by atoms with Crippen molar-refractivity contribution in [1.82, 2.24) is 0 Å². The minimum Gasteiger partial charge on any atom is -0.492 e. The molecule has 0 spiro atoms. The summed E-state index contributed by atoms with van der Waals surface area (Å²) >= 11 is 0. The fourth-order valence-electron chi connectivity index (χ4n) is 2.65. The first-order chi connectivity index (χ1) is 12.2. The summed E-state index contributed by atoms with van der Waals surface area (Å²) in [4.78, 5) is 12.8. The summed E-state index contributed by atoms with van der Waals surface area (Å²) in [7, 11) is 3.12. The molecule has 25 heavy (non-hydrogen) atoms. The number of benzene rings is 2. The number of methoxy groups -OCH3 is 2. The van der Waals surface area contributed by atoms with Gasteiger partial charge in [0, 0.05) is 20.3 Å². The van der Waals surface area contributed by atoms with Gasteiger partial charge in [0.05, 0.1) is 11.5 Å². The molecule has 0 fully saturated rings. The molecule has 2 aromatic rings. The SMILES string of the molecule is COCOc1ccc([C@@H]2COc3cc(OCOC)ccc3C2=O)cc1. The highest BCUT2D eigenvalue weighted by Gasteiger charge is 2.30. The first kappa shape index (κ1) is 17.3. The molecule has 0 amide bonds. The second kappa shape index (κ2) is 8.00. The fraction of sp³-hybridized carbons (Fsp3) is 0.316. The van der Waals surface area contributed by atoms with Crippen LogP contribution < -0.4 is 14.2 Å². The maximum Gasteiger partial charge on any atom is 0.188 e. The van der Waals surface area contributed by atoms with Gasteiger partial charge in [-0.15, -0.1) is 0 Å². The summed E-state index contributed by atoms with van der Waals surface area (Å²) in [5.74, 6) is 1.52. The largest absolute Gasteiger partial charge is 0.492 e. The molecule has 0 N–H and O–H groups in total. The van der Waals surface area contributed by atoms with Crippen LogP contribution in [0.25, 0.3) is 0 Å². The van der Waals surface area contributed by atoms with Crippen molar-refractivity contribution in [2.75, 3.05) is 34.4 Å². The molecule has 6 heteroatoms. The normalized spacial score (nSPS) is 16.1. The van der Waals surface area contributed by atoms with Crippen LogP contribution >= 0.6 is 0 Å². The lowest BCUT2D eigenvalue weighted by atomic mass is 9.89.